The lowest BCUT2D eigenvalue weighted by Crippen LogP contribution is -2.51. The second kappa shape index (κ2) is 6.63. The van der Waals surface area contributed by atoms with Crippen LogP contribution >= 0.6 is 0 Å². The molecule has 26 heavy (non-hydrogen) atoms. The third kappa shape index (κ3) is 3.25. The Morgan fingerprint density at radius 3 is 2.50 bits per heavy atom. The molecule has 7 nitrogen and oxygen atoms in total. The predicted octanol–water partition coefficient (Wildman–Crippen LogP) is 0.665. The van der Waals surface area contributed by atoms with E-state index in [9.17, 15) is 14.4 Å². The fourth-order valence-electron chi connectivity index (χ4n) is 3.48. The maximum Gasteiger partial charge on any atom is 0.264 e. The normalized spacial score (nSPS) is 19.9. The molecule has 7 heteroatoms. The van der Waals surface area contributed by atoms with E-state index in [0.717, 1.165) is 18.4 Å². The minimum atomic E-state index is -0.0996. The average molecular weight is 357 g/mol. The van der Waals surface area contributed by atoms with Crippen molar-refractivity contribution in [3.05, 3.63) is 23.8 Å². The number of anilines is 1. The standard InChI is InChI=1S/C19H23N3O4/c1-20-15-10-13(2-5-16(15)26-12-18(20)24)11-17(23)21-6-8-22(9-7-21)19(25)14-3-4-14/h2,5,10,14H,3-4,6-9,11-12H2,1H3. The van der Waals surface area contributed by atoms with Crippen molar-refractivity contribution >= 4 is 23.4 Å². The summed E-state index contributed by atoms with van der Waals surface area (Å²) in [6.45, 7) is 2.46. The summed E-state index contributed by atoms with van der Waals surface area (Å²) in [5, 5.41) is 0. The topological polar surface area (TPSA) is 70.2 Å². The molecule has 3 aliphatic rings. The van der Waals surface area contributed by atoms with Crippen LogP contribution in [-0.2, 0) is 20.8 Å². The second-order valence-corrected chi connectivity index (χ2v) is 7.20. The highest BCUT2D eigenvalue weighted by Gasteiger charge is 2.35. The first-order chi connectivity index (χ1) is 12.5. The summed E-state index contributed by atoms with van der Waals surface area (Å²) in [5.41, 5.74) is 1.56. The minimum absolute atomic E-state index is 0.0473. The van der Waals surface area contributed by atoms with Crippen LogP contribution in [0.5, 0.6) is 5.75 Å². The number of carbonyl (C=O) groups excluding carboxylic acids is 3. The van der Waals surface area contributed by atoms with E-state index in [1.165, 1.54) is 0 Å². The number of hydrogen-bond donors (Lipinski definition) is 0. The lowest BCUT2D eigenvalue weighted by atomic mass is 10.1. The van der Waals surface area contributed by atoms with Gasteiger partial charge in [0, 0.05) is 39.1 Å². The van der Waals surface area contributed by atoms with Gasteiger partial charge in [-0.25, -0.2) is 0 Å². The zero-order valence-corrected chi connectivity index (χ0v) is 14.9. The molecule has 1 aromatic rings. The van der Waals surface area contributed by atoms with Gasteiger partial charge in [-0.05, 0) is 30.5 Å². The monoisotopic (exact) mass is 357 g/mol. The van der Waals surface area contributed by atoms with Gasteiger partial charge in [-0.1, -0.05) is 6.07 Å². The van der Waals surface area contributed by atoms with Gasteiger partial charge < -0.3 is 19.4 Å². The Balaban J connectivity index is 1.36. The van der Waals surface area contributed by atoms with Gasteiger partial charge in [0.15, 0.2) is 6.61 Å². The van der Waals surface area contributed by atoms with E-state index in [-0.39, 0.29) is 36.7 Å². The molecule has 0 N–H and O–H groups in total. The van der Waals surface area contributed by atoms with Crippen molar-refractivity contribution in [3.8, 4) is 5.75 Å². The Morgan fingerprint density at radius 1 is 1.12 bits per heavy atom. The average Bonchev–Trinajstić information content (AvgIpc) is 3.50. The van der Waals surface area contributed by atoms with Crippen LogP contribution in [0.25, 0.3) is 0 Å². The van der Waals surface area contributed by atoms with Crippen LogP contribution in [0.1, 0.15) is 18.4 Å². The van der Waals surface area contributed by atoms with Crippen molar-refractivity contribution in [1.29, 1.82) is 0 Å². The fraction of sp³-hybridized carbons (Fsp3) is 0.526. The predicted molar refractivity (Wildman–Crippen MR) is 94.9 cm³/mol. The van der Waals surface area contributed by atoms with Crippen LogP contribution in [0.2, 0.25) is 0 Å². The summed E-state index contributed by atoms with van der Waals surface area (Å²) < 4.78 is 5.42. The quantitative estimate of drug-likeness (QED) is 0.797. The molecule has 0 unspecified atom stereocenters. The first-order valence-corrected chi connectivity index (χ1v) is 9.12. The third-order valence-electron chi connectivity index (χ3n) is 5.34. The molecule has 1 saturated carbocycles. The largest absolute Gasteiger partial charge is 0.482 e. The highest BCUT2D eigenvalue weighted by atomic mass is 16.5. The number of likely N-dealkylation sites (N-methyl/N-ethyl adjacent to an activating group) is 1. The van der Waals surface area contributed by atoms with Gasteiger partial charge in [-0.3, -0.25) is 14.4 Å². The molecule has 138 valence electrons. The van der Waals surface area contributed by atoms with Gasteiger partial charge in [0.1, 0.15) is 5.75 Å². The summed E-state index contributed by atoms with van der Waals surface area (Å²) in [4.78, 5) is 41.8. The van der Waals surface area contributed by atoms with Crippen molar-refractivity contribution in [2.75, 3.05) is 44.7 Å². The smallest absolute Gasteiger partial charge is 0.264 e. The van der Waals surface area contributed by atoms with Crippen LogP contribution in [-0.4, -0.2) is 67.4 Å². The molecule has 0 spiro atoms. The number of piperazine rings is 1. The molecular formula is C19H23N3O4. The van der Waals surface area contributed by atoms with Crippen LogP contribution in [0, 0.1) is 5.92 Å². The van der Waals surface area contributed by atoms with Crippen molar-refractivity contribution in [2.45, 2.75) is 19.3 Å². The summed E-state index contributed by atoms with van der Waals surface area (Å²) >= 11 is 0. The SMILES string of the molecule is CN1C(=O)COc2ccc(CC(=O)N3CCN(C(=O)C4CC4)CC3)cc21. The van der Waals surface area contributed by atoms with Crippen LogP contribution in [0.3, 0.4) is 0 Å². The summed E-state index contributed by atoms with van der Waals surface area (Å²) in [5.74, 6) is 1.09. The molecule has 0 radical (unpaired) electrons. The van der Waals surface area contributed by atoms with Crippen molar-refractivity contribution < 1.29 is 19.1 Å². The molecular weight excluding hydrogens is 334 g/mol. The highest BCUT2D eigenvalue weighted by Crippen LogP contribution is 2.33. The first kappa shape index (κ1) is 16.9. The van der Waals surface area contributed by atoms with Gasteiger partial charge in [0.2, 0.25) is 11.8 Å². The van der Waals surface area contributed by atoms with Gasteiger partial charge >= 0.3 is 0 Å². The van der Waals surface area contributed by atoms with Crippen molar-refractivity contribution in [3.63, 3.8) is 0 Å². The van der Waals surface area contributed by atoms with E-state index in [0.29, 0.717) is 37.6 Å². The molecule has 0 atom stereocenters. The lowest BCUT2D eigenvalue weighted by molar-refractivity contribution is -0.140. The second-order valence-electron chi connectivity index (χ2n) is 7.20. The lowest BCUT2D eigenvalue weighted by Gasteiger charge is -2.35. The number of amides is 3. The van der Waals surface area contributed by atoms with Crippen molar-refractivity contribution in [1.82, 2.24) is 9.80 Å². The molecule has 0 aromatic heterocycles. The molecule has 3 amide bonds. The van der Waals surface area contributed by atoms with E-state index >= 15 is 0 Å². The molecule has 1 aromatic carbocycles. The van der Waals surface area contributed by atoms with Crippen molar-refractivity contribution in [2.24, 2.45) is 5.92 Å². The maximum absolute atomic E-state index is 12.6. The molecule has 0 bridgehead atoms. The van der Waals surface area contributed by atoms with E-state index in [4.69, 9.17) is 4.74 Å². The minimum Gasteiger partial charge on any atom is -0.482 e. The van der Waals surface area contributed by atoms with Gasteiger partial charge in [-0.15, -0.1) is 0 Å². The van der Waals surface area contributed by atoms with Crippen LogP contribution in [0.15, 0.2) is 18.2 Å². The van der Waals surface area contributed by atoms with E-state index in [1.807, 2.05) is 28.0 Å². The number of carbonyl (C=O) groups is 3. The third-order valence-corrected chi connectivity index (χ3v) is 5.34. The van der Waals surface area contributed by atoms with Crippen LogP contribution in [0.4, 0.5) is 5.69 Å². The number of benzene rings is 1. The number of hydrogen-bond acceptors (Lipinski definition) is 4. The van der Waals surface area contributed by atoms with E-state index < -0.39 is 0 Å². The Kier molecular flexibility index (Phi) is 4.30. The number of ether oxygens (including phenoxy) is 1. The summed E-state index contributed by atoms with van der Waals surface area (Å²) in [6, 6.07) is 5.53. The first-order valence-electron chi connectivity index (χ1n) is 9.12. The summed E-state index contributed by atoms with van der Waals surface area (Å²) in [7, 11) is 1.71. The van der Waals surface area contributed by atoms with E-state index in [1.54, 1.807) is 11.9 Å². The molecule has 1 saturated heterocycles. The Hall–Kier alpha value is -2.57. The zero-order valence-electron chi connectivity index (χ0n) is 14.9. The van der Waals surface area contributed by atoms with Gasteiger partial charge in [0.25, 0.3) is 5.91 Å². The molecule has 1 aliphatic carbocycles. The molecule has 4 rings (SSSR count). The maximum atomic E-state index is 12.6. The van der Waals surface area contributed by atoms with Gasteiger partial charge in [0.05, 0.1) is 12.1 Å². The Bertz CT molecular complexity index is 751. The molecule has 2 heterocycles. The number of rotatable bonds is 3. The zero-order chi connectivity index (χ0) is 18.3. The van der Waals surface area contributed by atoms with E-state index in [2.05, 4.69) is 0 Å². The summed E-state index contributed by atoms with van der Waals surface area (Å²) in [6.07, 6.45) is 2.31. The fourth-order valence-corrected chi connectivity index (χ4v) is 3.48. The molecule has 2 fully saturated rings. The number of nitrogens with zero attached hydrogens (tertiary/aromatic N) is 3. The van der Waals surface area contributed by atoms with Gasteiger partial charge in [-0.2, -0.15) is 0 Å². The highest BCUT2D eigenvalue weighted by molar-refractivity contribution is 5.97. The van der Waals surface area contributed by atoms with Crippen LogP contribution < -0.4 is 9.64 Å². The number of fused-ring (bicyclic) bond motifs is 1. The molecule has 2 aliphatic heterocycles. The Labute approximate surface area is 152 Å². The Morgan fingerprint density at radius 2 is 1.81 bits per heavy atom.